The molecule has 0 fully saturated rings. The summed E-state index contributed by atoms with van der Waals surface area (Å²) in [6, 6.07) is 4.68. The molecule has 0 aliphatic rings. The molecule has 1 atom stereocenters. The first-order valence-corrected chi connectivity index (χ1v) is 5.04. The normalized spacial score (nSPS) is 12.5. The third-order valence-electron chi connectivity index (χ3n) is 1.73. The van der Waals surface area contributed by atoms with Gasteiger partial charge in [-0.15, -0.1) is 6.58 Å². The summed E-state index contributed by atoms with van der Waals surface area (Å²) in [6.45, 7) is 3.60. The molecule has 0 saturated heterocycles. The fraction of sp³-hybridized carbons (Fsp3) is 0.200. The van der Waals surface area contributed by atoms with E-state index in [1.54, 1.807) is 6.08 Å². The van der Waals surface area contributed by atoms with Crippen LogP contribution >= 0.6 is 22.6 Å². The minimum Gasteiger partial charge on any atom is -0.324 e. The molecule has 2 N–H and O–H groups in total. The average Bonchev–Trinajstić information content (AvgIpc) is 2.03. The van der Waals surface area contributed by atoms with Crippen LogP contribution < -0.4 is 5.73 Å². The van der Waals surface area contributed by atoms with Gasteiger partial charge in [-0.2, -0.15) is 0 Å². The molecule has 0 unspecified atom stereocenters. The number of hydrogen-bond acceptors (Lipinski definition) is 1. The van der Waals surface area contributed by atoms with Crippen molar-refractivity contribution in [2.24, 2.45) is 5.73 Å². The van der Waals surface area contributed by atoms with Crippen LogP contribution in [0, 0.1) is 9.39 Å². The van der Waals surface area contributed by atoms with Crippen LogP contribution in [-0.2, 0) is 0 Å². The van der Waals surface area contributed by atoms with Crippen molar-refractivity contribution in [2.45, 2.75) is 12.5 Å². The number of halogens is 2. The van der Waals surface area contributed by atoms with E-state index >= 15 is 0 Å². The molecule has 0 aromatic heterocycles. The van der Waals surface area contributed by atoms with Crippen LogP contribution in [0.3, 0.4) is 0 Å². The maximum Gasteiger partial charge on any atom is 0.124 e. The minimum absolute atomic E-state index is 0.151. The molecule has 0 saturated carbocycles. The van der Waals surface area contributed by atoms with Crippen molar-refractivity contribution in [2.75, 3.05) is 0 Å². The number of nitrogens with two attached hydrogens (primary N) is 1. The van der Waals surface area contributed by atoms with Crippen LogP contribution in [-0.4, -0.2) is 0 Å². The Labute approximate surface area is 91.0 Å². The van der Waals surface area contributed by atoms with E-state index in [-0.39, 0.29) is 11.9 Å². The average molecular weight is 291 g/mol. The van der Waals surface area contributed by atoms with Gasteiger partial charge in [-0.3, -0.25) is 0 Å². The summed E-state index contributed by atoms with van der Waals surface area (Å²) in [6.07, 6.45) is 2.40. The smallest absolute Gasteiger partial charge is 0.124 e. The second-order valence-corrected chi connectivity index (χ2v) is 4.08. The van der Waals surface area contributed by atoms with Crippen LogP contribution in [0.1, 0.15) is 18.0 Å². The molecule has 0 heterocycles. The molecular weight excluding hydrogens is 280 g/mol. The van der Waals surface area contributed by atoms with Crippen LogP contribution in [0.2, 0.25) is 0 Å². The highest BCUT2D eigenvalue weighted by Gasteiger charge is 2.06. The first-order valence-electron chi connectivity index (χ1n) is 3.96. The minimum atomic E-state index is -0.235. The largest absolute Gasteiger partial charge is 0.324 e. The fourth-order valence-electron chi connectivity index (χ4n) is 1.10. The first kappa shape index (κ1) is 10.7. The second kappa shape index (κ2) is 4.72. The Morgan fingerprint density at radius 1 is 1.54 bits per heavy atom. The van der Waals surface area contributed by atoms with E-state index in [1.165, 1.54) is 12.1 Å². The molecule has 3 heteroatoms. The van der Waals surface area contributed by atoms with E-state index in [4.69, 9.17) is 5.73 Å². The number of rotatable bonds is 3. The van der Waals surface area contributed by atoms with Crippen molar-refractivity contribution in [3.05, 3.63) is 45.8 Å². The predicted molar refractivity (Wildman–Crippen MR) is 60.9 cm³/mol. The molecule has 0 aliphatic heterocycles. The van der Waals surface area contributed by atoms with Gasteiger partial charge in [-0.25, -0.2) is 4.39 Å². The summed E-state index contributed by atoms with van der Waals surface area (Å²) < 4.78 is 13.8. The van der Waals surface area contributed by atoms with Gasteiger partial charge in [0.25, 0.3) is 0 Å². The van der Waals surface area contributed by atoms with E-state index in [0.29, 0.717) is 6.42 Å². The van der Waals surface area contributed by atoms with Gasteiger partial charge in [-0.1, -0.05) is 6.08 Å². The Hall–Kier alpha value is -0.420. The molecule has 1 rings (SSSR count). The summed E-state index contributed by atoms with van der Waals surface area (Å²) in [5, 5.41) is 0. The lowest BCUT2D eigenvalue weighted by molar-refractivity contribution is 0.618. The molecule has 0 bridgehead atoms. The molecule has 0 amide bonds. The Morgan fingerprint density at radius 3 is 2.77 bits per heavy atom. The van der Waals surface area contributed by atoms with Gasteiger partial charge in [0, 0.05) is 9.61 Å². The van der Waals surface area contributed by atoms with Gasteiger partial charge in [-0.05, 0) is 52.8 Å². The quantitative estimate of drug-likeness (QED) is 0.672. The highest BCUT2D eigenvalue weighted by molar-refractivity contribution is 14.1. The maximum atomic E-state index is 12.9. The Morgan fingerprint density at radius 2 is 2.23 bits per heavy atom. The molecule has 13 heavy (non-hydrogen) atoms. The molecular formula is C10H11FIN. The summed E-state index contributed by atoms with van der Waals surface area (Å²) in [4.78, 5) is 0. The van der Waals surface area contributed by atoms with Gasteiger partial charge in [0.1, 0.15) is 5.82 Å². The van der Waals surface area contributed by atoms with Crippen LogP contribution in [0.5, 0.6) is 0 Å². The topological polar surface area (TPSA) is 26.0 Å². The van der Waals surface area contributed by atoms with Gasteiger partial charge in [0.15, 0.2) is 0 Å². The van der Waals surface area contributed by atoms with E-state index < -0.39 is 0 Å². The summed E-state index contributed by atoms with van der Waals surface area (Å²) in [5.41, 5.74) is 6.63. The van der Waals surface area contributed by atoms with E-state index in [0.717, 1.165) is 9.13 Å². The van der Waals surface area contributed by atoms with Gasteiger partial charge in [0.2, 0.25) is 0 Å². The van der Waals surface area contributed by atoms with Crippen molar-refractivity contribution in [3.8, 4) is 0 Å². The Bertz CT molecular complexity index is 292. The highest BCUT2D eigenvalue weighted by atomic mass is 127. The lowest BCUT2D eigenvalue weighted by Gasteiger charge is -2.09. The SMILES string of the molecule is C=CC[C@@H](N)c1cc(F)cc(I)c1. The van der Waals surface area contributed by atoms with E-state index in [1.807, 2.05) is 6.07 Å². The van der Waals surface area contributed by atoms with Crippen molar-refractivity contribution in [1.29, 1.82) is 0 Å². The van der Waals surface area contributed by atoms with Gasteiger partial charge < -0.3 is 5.73 Å². The summed E-state index contributed by atoms with van der Waals surface area (Å²) >= 11 is 2.07. The number of benzene rings is 1. The summed E-state index contributed by atoms with van der Waals surface area (Å²) in [7, 11) is 0. The van der Waals surface area contributed by atoms with E-state index in [9.17, 15) is 4.39 Å². The zero-order valence-electron chi connectivity index (χ0n) is 7.13. The zero-order valence-corrected chi connectivity index (χ0v) is 9.29. The van der Waals surface area contributed by atoms with E-state index in [2.05, 4.69) is 29.2 Å². The van der Waals surface area contributed by atoms with Crippen molar-refractivity contribution >= 4 is 22.6 Å². The third-order valence-corrected chi connectivity index (χ3v) is 2.36. The first-order chi connectivity index (χ1) is 6.13. The van der Waals surface area contributed by atoms with Crippen molar-refractivity contribution in [1.82, 2.24) is 0 Å². The second-order valence-electron chi connectivity index (χ2n) is 2.83. The molecule has 0 aliphatic carbocycles. The standard InChI is InChI=1S/C10H11FIN/c1-2-3-10(13)7-4-8(11)6-9(12)5-7/h2,4-6,10H,1,3,13H2/t10-/m1/s1. The van der Waals surface area contributed by atoms with Crippen LogP contribution in [0.25, 0.3) is 0 Å². The van der Waals surface area contributed by atoms with Gasteiger partial charge >= 0.3 is 0 Å². The monoisotopic (exact) mass is 291 g/mol. The van der Waals surface area contributed by atoms with Crippen molar-refractivity contribution < 1.29 is 4.39 Å². The summed E-state index contributed by atoms with van der Waals surface area (Å²) in [5.74, 6) is -0.235. The number of hydrogen-bond donors (Lipinski definition) is 1. The van der Waals surface area contributed by atoms with Crippen LogP contribution in [0.15, 0.2) is 30.9 Å². The molecule has 1 aromatic carbocycles. The maximum absolute atomic E-state index is 12.9. The third kappa shape index (κ3) is 3.08. The lowest BCUT2D eigenvalue weighted by atomic mass is 10.1. The Kier molecular flexibility index (Phi) is 3.87. The zero-order chi connectivity index (χ0) is 9.84. The lowest BCUT2D eigenvalue weighted by Crippen LogP contribution is -2.09. The fourth-order valence-corrected chi connectivity index (χ4v) is 1.76. The Balaban J connectivity index is 2.93. The molecule has 1 aromatic rings. The molecule has 1 nitrogen and oxygen atoms in total. The molecule has 70 valence electrons. The molecule has 0 spiro atoms. The van der Waals surface area contributed by atoms with Crippen molar-refractivity contribution in [3.63, 3.8) is 0 Å². The van der Waals surface area contributed by atoms with Gasteiger partial charge in [0.05, 0.1) is 0 Å². The predicted octanol–water partition coefficient (Wildman–Crippen LogP) is 3.01. The molecule has 0 radical (unpaired) electrons. The highest BCUT2D eigenvalue weighted by Crippen LogP contribution is 2.18. The van der Waals surface area contributed by atoms with Crippen LogP contribution in [0.4, 0.5) is 4.39 Å².